The van der Waals surface area contributed by atoms with Crippen LogP contribution in [0.4, 0.5) is 0 Å². The number of rotatable bonds is 7. The van der Waals surface area contributed by atoms with Gasteiger partial charge in [0.05, 0.1) is 16.5 Å². The van der Waals surface area contributed by atoms with Crippen LogP contribution in [0.2, 0.25) is 10.0 Å². The van der Waals surface area contributed by atoms with Gasteiger partial charge in [-0.3, -0.25) is 0 Å². The lowest BCUT2D eigenvalue weighted by Gasteiger charge is -2.05. The summed E-state index contributed by atoms with van der Waals surface area (Å²) in [5.74, 6) is 1.27. The van der Waals surface area contributed by atoms with Crippen LogP contribution < -0.4 is 5.32 Å². The summed E-state index contributed by atoms with van der Waals surface area (Å²) in [5.41, 5.74) is 1.00. The van der Waals surface area contributed by atoms with Gasteiger partial charge in [0.1, 0.15) is 0 Å². The number of halogens is 2. The van der Waals surface area contributed by atoms with Crippen molar-refractivity contribution >= 4 is 23.2 Å². The van der Waals surface area contributed by atoms with E-state index in [2.05, 4.69) is 29.4 Å². The van der Waals surface area contributed by atoms with E-state index in [1.165, 1.54) is 0 Å². The van der Waals surface area contributed by atoms with E-state index in [-0.39, 0.29) is 0 Å². The van der Waals surface area contributed by atoms with Crippen molar-refractivity contribution in [2.75, 3.05) is 6.54 Å². The van der Waals surface area contributed by atoms with Crippen molar-refractivity contribution < 1.29 is 4.42 Å². The zero-order valence-corrected chi connectivity index (χ0v) is 13.7. The maximum absolute atomic E-state index is 5.99. The molecule has 0 unspecified atom stereocenters. The fraction of sp³-hybridized carbons (Fsp3) is 0.467. The predicted molar refractivity (Wildman–Crippen MR) is 85.0 cm³/mol. The topological polar surface area (TPSA) is 51.0 Å². The van der Waals surface area contributed by atoms with Crippen molar-refractivity contribution in [3.05, 3.63) is 45.6 Å². The molecule has 1 N–H and O–H groups in total. The maximum Gasteiger partial charge on any atom is 0.220 e. The number of hydrogen-bond donors (Lipinski definition) is 1. The third-order valence-electron chi connectivity index (χ3n) is 2.97. The highest BCUT2D eigenvalue weighted by molar-refractivity contribution is 6.42. The largest absolute Gasteiger partial charge is 0.425 e. The molecule has 0 aliphatic carbocycles. The first kappa shape index (κ1) is 16.3. The summed E-state index contributed by atoms with van der Waals surface area (Å²) in [6, 6.07) is 6.00. The molecule has 0 amide bonds. The summed E-state index contributed by atoms with van der Waals surface area (Å²) in [6.07, 6.45) is 2.33. The Balaban J connectivity index is 1.86. The maximum atomic E-state index is 5.99. The first-order valence-electron chi connectivity index (χ1n) is 7.03. The first-order chi connectivity index (χ1) is 10.0. The smallest absolute Gasteiger partial charge is 0.220 e. The monoisotopic (exact) mass is 327 g/mol. The molecule has 0 saturated carbocycles. The van der Waals surface area contributed by atoms with E-state index in [0.29, 0.717) is 34.3 Å². The fourth-order valence-electron chi connectivity index (χ4n) is 1.92. The van der Waals surface area contributed by atoms with E-state index in [9.17, 15) is 0 Å². The van der Waals surface area contributed by atoms with E-state index < -0.39 is 0 Å². The summed E-state index contributed by atoms with van der Waals surface area (Å²) >= 11 is 11.9. The van der Waals surface area contributed by atoms with Gasteiger partial charge < -0.3 is 9.73 Å². The molecule has 114 valence electrons. The molecule has 0 aliphatic rings. The lowest BCUT2D eigenvalue weighted by atomic mass is 10.1. The standard InChI is InChI=1S/C15H19Cl2N3O/c1-10(2)18-7-3-4-14-19-20-15(21-14)9-11-5-6-12(16)13(17)8-11/h5-6,8,10,18H,3-4,7,9H2,1-2H3. The van der Waals surface area contributed by atoms with Crippen LogP contribution in [0.1, 0.15) is 37.6 Å². The Labute approximate surface area is 134 Å². The zero-order valence-electron chi connectivity index (χ0n) is 12.2. The molecule has 0 spiro atoms. The van der Waals surface area contributed by atoms with E-state index in [1.54, 1.807) is 6.07 Å². The van der Waals surface area contributed by atoms with E-state index in [1.807, 2.05) is 12.1 Å². The molecule has 0 atom stereocenters. The average Bonchev–Trinajstić information content (AvgIpc) is 2.86. The van der Waals surface area contributed by atoms with Crippen LogP contribution in [0, 0.1) is 0 Å². The van der Waals surface area contributed by atoms with Gasteiger partial charge in [0, 0.05) is 12.5 Å². The second-order valence-electron chi connectivity index (χ2n) is 5.23. The van der Waals surface area contributed by atoms with E-state index >= 15 is 0 Å². The van der Waals surface area contributed by atoms with E-state index in [0.717, 1.165) is 24.9 Å². The van der Waals surface area contributed by atoms with Gasteiger partial charge in [-0.05, 0) is 30.7 Å². The van der Waals surface area contributed by atoms with Gasteiger partial charge in [-0.1, -0.05) is 43.1 Å². The Morgan fingerprint density at radius 1 is 1.14 bits per heavy atom. The van der Waals surface area contributed by atoms with E-state index in [4.69, 9.17) is 27.6 Å². The lowest BCUT2D eigenvalue weighted by Crippen LogP contribution is -2.23. The van der Waals surface area contributed by atoms with Crippen LogP contribution in [-0.2, 0) is 12.8 Å². The SMILES string of the molecule is CC(C)NCCCc1nnc(Cc2ccc(Cl)c(Cl)c2)o1. The molecule has 0 radical (unpaired) electrons. The molecule has 2 rings (SSSR count). The summed E-state index contributed by atoms with van der Waals surface area (Å²) < 4.78 is 5.64. The predicted octanol–water partition coefficient (Wildman–Crippen LogP) is 3.90. The normalized spacial score (nSPS) is 11.3. The zero-order chi connectivity index (χ0) is 15.2. The third-order valence-corrected chi connectivity index (χ3v) is 3.71. The average molecular weight is 328 g/mol. The second-order valence-corrected chi connectivity index (χ2v) is 6.04. The van der Waals surface area contributed by atoms with Crippen LogP contribution in [0.15, 0.2) is 22.6 Å². The lowest BCUT2D eigenvalue weighted by molar-refractivity contribution is 0.446. The van der Waals surface area contributed by atoms with Crippen molar-refractivity contribution in [3.8, 4) is 0 Å². The molecule has 21 heavy (non-hydrogen) atoms. The fourth-order valence-corrected chi connectivity index (χ4v) is 2.24. The van der Waals surface area contributed by atoms with Crippen LogP contribution in [0.25, 0.3) is 0 Å². The minimum atomic E-state index is 0.498. The number of nitrogens with one attached hydrogen (secondary N) is 1. The minimum absolute atomic E-state index is 0.498. The van der Waals surface area contributed by atoms with Crippen LogP contribution >= 0.6 is 23.2 Å². The summed E-state index contributed by atoms with van der Waals surface area (Å²) in [6.45, 7) is 5.20. The van der Waals surface area contributed by atoms with Crippen molar-refractivity contribution in [1.29, 1.82) is 0 Å². The Kier molecular flexibility index (Phi) is 6.03. The summed E-state index contributed by atoms with van der Waals surface area (Å²) in [7, 11) is 0. The van der Waals surface area contributed by atoms with Crippen molar-refractivity contribution in [2.45, 2.75) is 39.2 Å². The van der Waals surface area contributed by atoms with Gasteiger partial charge in [-0.15, -0.1) is 10.2 Å². The Bertz CT molecular complexity index is 584. The van der Waals surface area contributed by atoms with Gasteiger partial charge in [0.2, 0.25) is 11.8 Å². The van der Waals surface area contributed by atoms with Gasteiger partial charge in [-0.25, -0.2) is 0 Å². The minimum Gasteiger partial charge on any atom is -0.425 e. The van der Waals surface area contributed by atoms with Crippen molar-refractivity contribution in [3.63, 3.8) is 0 Å². The molecule has 1 aromatic carbocycles. The van der Waals surface area contributed by atoms with Crippen molar-refractivity contribution in [1.82, 2.24) is 15.5 Å². The molecule has 0 saturated heterocycles. The highest BCUT2D eigenvalue weighted by Gasteiger charge is 2.08. The number of hydrogen-bond acceptors (Lipinski definition) is 4. The molecule has 1 aromatic heterocycles. The van der Waals surface area contributed by atoms with Gasteiger partial charge in [-0.2, -0.15) is 0 Å². The number of benzene rings is 1. The molecule has 0 fully saturated rings. The van der Waals surface area contributed by atoms with Crippen LogP contribution in [0.3, 0.4) is 0 Å². The highest BCUT2D eigenvalue weighted by Crippen LogP contribution is 2.23. The molecule has 2 aromatic rings. The summed E-state index contributed by atoms with van der Waals surface area (Å²) in [5, 5.41) is 12.6. The molecule has 0 bridgehead atoms. The third kappa shape index (κ3) is 5.30. The number of aromatic nitrogens is 2. The Morgan fingerprint density at radius 2 is 1.90 bits per heavy atom. The Hall–Kier alpha value is -1.10. The molecule has 0 aliphatic heterocycles. The molecule has 6 heteroatoms. The second kappa shape index (κ2) is 7.78. The molecule has 4 nitrogen and oxygen atoms in total. The highest BCUT2D eigenvalue weighted by atomic mass is 35.5. The quantitative estimate of drug-likeness (QED) is 0.783. The van der Waals surface area contributed by atoms with Crippen molar-refractivity contribution in [2.24, 2.45) is 0 Å². The van der Waals surface area contributed by atoms with Crippen LogP contribution in [-0.4, -0.2) is 22.8 Å². The number of aryl methyl sites for hydroxylation is 1. The van der Waals surface area contributed by atoms with Gasteiger partial charge >= 0.3 is 0 Å². The molecular weight excluding hydrogens is 309 g/mol. The Morgan fingerprint density at radius 3 is 2.62 bits per heavy atom. The van der Waals surface area contributed by atoms with Gasteiger partial charge in [0.15, 0.2) is 0 Å². The molecular formula is C15H19Cl2N3O. The van der Waals surface area contributed by atoms with Gasteiger partial charge in [0.25, 0.3) is 0 Å². The van der Waals surface area contributed by atoms with Crippen LogP contribution in [0.5, 0.6) is 0 Å². The molecule has 1 heterocycles. The number of nitrogens with zero attached hydrogens (tertiary/aromatic N) is 2. The summed E-state index contributed by atoms with van der Waals surface area (Å²) in [4.78, 5) is 0. The first-order valence-corrected chi connectivity index (χ1v) is 7.78.